The molecule has 4 aromatic rings. The van der Waals surface area contributed by atoms with E-state index in [2.05, 4.69) is 15.9 Å². The molecular formula is C28H20BrNO3. The highest BCUT2D eigenvalue weighted by Crippen LogP contribution is 2.27. The summed E-state index contributed by atoms with van der Waals surface area (Å²) in [4.78, 5) is 26.9. The zero-order valence-corrected chi connectivity index (χ0v) is 19.2. The number of carbonyl (C=O) groups is 2. The standard InChI is InChI=1S/C28H20BrNO3/c29-23-16-14-22(15-17-23)27(31)20-13-21-11-18-26(19-12-21)33-28(32)30(24-7-3-1-4-8-24)25-9-5-2-6-10-25/h1-20H/b20-13+. The molecule has 33 heavy (non-hydrogen) atoms. The average molecular weight is 498 g/mol. The lowest BCUT2D eigenvalue weighted by atomic mass is 10.1. The summed E-state index contributed by atoms with van der Waals surface area (Å²) in [6.07, 6.45) is 2.74. The number of ketones is 1. The van der Waals surface area contributed by atoms with Crippen LogP contribution < -0.4 is 9.64 Å². The molecule has 0 unspecified atom stereocenters. The largest absolute Gasteiger partial charge is 0.424 e. The highest BCUT2D eigenvalue weighted by Gasteiger charge is 2.20. The van der Waals surface area contributed by atoms with Gasteiger partial charge >= 0.3 is 6.09 Å². The molecule has 0 aliphatic rings. The predicted molar refractivity (Wildman–Crippen MR) is 135 cm³/mol. The van der Waals surface area contributed by atoms with Gasteiger partial charge in [-0.15, -0.1) is 0 Å². The van der Waals surface area contributed by atoms with Crippen molar-refractivity contribution in [3.8, 4) is 5.75 Å². The van der Waals surface area contributed by atoms with Crippen molar-refractivity contribution in [2.24, 2.45) is 0 Å². The van der Waals surface area contributed by atoms with E-state index in [1.165, 1.54) is 11.0 Å². The summed E-state index contributed by atoms with van der Waals surface area (Å²) in [5.74, 6) is 0.326. The van der Waals surface area contributed by atoms with Gasteiger partial charge in [-0.2, -0.15) is 0 Å². The quantitative estimate of drug-likeness (QED) is 0.202. The molecule has 0 aliphatic heterocycles. The molecule has 0 saturated heterocycles. The van der Waals surface area contributed by atoms with Crippen LogP contribution in [0.3, 0.4) is 0 Å². The molecule has 0 bridgehead atoms. The summed E-state index contributed by atoms with van der Waals surface area (Å²) >= 11 is 3.36. The Morgan fingerprint density at radius 2 is 1.24 bits per heavy atom. The molecule has 0 fully saturated rings. The van der Waals surface area contributed by atoms with Crippen molar-refractivity contribution in [1.29, 1.82) is 0 Å². The highest BCUT2D eigenvalue weighted by atomic mass is 79.9. The Morgan fingerprint density at radius 1 is 0.697 bits per heavy atom. The zero-order chi connectivity index (χ0) is 23.0. The first kappa shape index (κ1) is 22.2. The molecular weight excluding hydrogens is 478 g/mol. The average Bonchev–Trinajstić information content (AvgIpc) is 2.85. The molecule has 1 amide bonds. The monoisotopic (exact) mass is 497 g/mol. The van der Waals surface area contributed by atoms with Crippen molar-refractivity contribution in [2.45, 2.75) is 0 Å². The Morgan fingerprint density at radius 3 is 1.79 bits per heavy atom. The van der Waals surface area contributed by atoms with E-state index < -0.39 is 6.09 Å². The number of para-hydroxylation sites is 2. The number of ether oxygens (including phenoxy) is 1. The maximum Gasteiger partial charge on any atom is 0.424 e. The van der Waals surface area contributed by atoms with Gasteiger partial charge in [-0.3, -0.25) is 4.79 Å². The Hall–Kier alpha value is -3.96. The van der Waals surface area contributed by atoms with Crippen LogP contribution in [-0.4, -0.2) is 11.9 Å². The number of rotatable bonds is 6. The zero-order valence-electron chi connectivity index (χ0n) is 17.6. The number of hydrogen-bond acceptors (Lipinski definition) is 3. The van der Waals surface area contributed by atoms with Crippen molar-refractivity contribution in [3.05, 3.63) is 131 Å². The van der Waals surface area contributed by atoms with Crippen LogP contribution in [0, 0.1) is 0 Å². The van der Waals surface area contributed by atoms with Crippen LogP contribution in [0.5, 0.6) is 5.75 Å². The maximum atomic E-state index is 13.0. The normalized spacial score (nSPS) is 10.7. The van der Waals surface area contributed by atoms with Gasteiger partial charge < -0.3 is 4.74 Å². The summed E-state index contributed by atoms with van der Waals surface area (Å²) in [7, 11) is 0. The van der Waals surface area contributed by atoms with Gasteiger partial charge in [0.05, 0.1) is 11.4 Å². The second kappa shape index (κ2) is 10.6. The Balaban J connectivity index is 1.46. The van der Waals surface area contributed by atoms with Gasteiger partial charge in [-0.1, -0.05) is 70.5 Å². The molecule has 162 valence electrons. The summed E-state index contributed by atoms with van der Waals surface area (Å²) < 4.78 is 6.56. The summed E-state index contributed by atoms with van der Waals surface area (Å²) in [5.41, 5.74) is 2.85. The number of allylic oxidation sites excluding steroid dienone is 1. The molecule has 4 nitrogen and oxygen atoms in total. The lowest BCUT2D eigenvalue weighted by Gasteiger charge is -2.22. The van der Waals surface area contributed by atoms with E-state index in [9.17, 15) is 9.59 Å². The van der Waals surface area contributed by atoms with Crippen LogP contribution in [0.2, 0.25) is 0 Å². The minimum Gasteiger partial charge on any atom is -0.410 e. The van der Waals surface area contributed by atoms with Crippen molar-refractivity contribution >= 4 is 45.3 Å². The topological polar surface area (TPSA) is 46.6 Å². The fourth-order valence-corrected chi connectivity index (χ4v) is 3.45. The molecule has 0 N–H and O–H groups in total. The lowest BCUT2D eigenvalue weighted by molar-refractivity contribution is 0.104. The van der Waals surface area contributed by atoms with E-state index in [0.717, 1.165) is 10.0 Å². The van der Waals surface area contributed by atoms with Crippen LogP contribution in [0.1, 0.15) is 15.9 Å². The number of carbonyl (C=O) groups excluding carboxylic acids is 2. The first-order valence-corrected chi connectivity index (χ1v) is 11.1. The number of anilines is 2. The predicted octanol–water partition coefficient (Wildman–Crippen LogP) is 7.68. The van der Waals surface area contributed by atoms with Crippen molar-refractivity contribution < 1.29 is 14.3 Å². The van der Waals surface area contributed by atoms with Crippen LogP contribution >= 0.6 is 15.9 Å². The summed E-state index contributed by atoms with van der Waals surface area (Å²) in [6.45, 7) is 0. The number of amides is 1. The summed E-state index contributed by atoms with van der Waals surface area (Å²) in [5, 5.41) is 0. The van der Waals surface area contributed by atoms with E-state index in [-0.39, 0.29) is 5.78 Å². The summed E-state index contributed by atoms with van der Waals surface area (Å²) in [6, 6.07) is 32.9. The van der Waals surface area contributed by atoms with E-state index in [4.69, 9.17) is 4.74 Å². The minimum absolute atomic E-state index is 0.0839. The lowest BCUT2D eigenvalue weighted by Crippen LogP contribution is -2.29. The van der Waals surface area contributed by atoms with Crippen LogP contribution in [0.4, 0.5) is 16.2 Å². The SMILES string of the molecule is O=C(/C=C/c1ccc(OC(=O)N(c2ccccc2)c2ccccc2)cc1)c1ccc(Br)cc1. The van der Waals surface area contributed by atoms with E-state index in [0.29, 0.717) is 22.7 Å². The van der Waals surface area contributed by atoms with Gasteiger partial charge in [-0.25, -0.2) is 9.69 Å². The van der Waals surface area contributed by atoms with E-state index in [1.807, 2.05) is 72.8 Å². The molecule has 0 atom stereocenters. The number of hydrogen-bond donors (Lipinski definition) is 0. The minimum atomic E-state index is -0.513. The van der Waals surface area contributed by atoms with Gasteiger partial charge in [0.2, 0.25) is 0 Å². The van der Waals surface area contributed by atoms with Crippen molar-refractivity contribution in [2.75, 3.05) is 4.90 Å². The van der Waals surface area contributed by atoms with Crippen molar-refractivity contribution in [1.82, 2.24) is 0 Å². The number of halogens is 1. The fourth-order valence-electron chi connectivity index (χ4n) is 3.19. The Kier molecular flexibility index (Phi) is 7.12. The maximum absolute atomic E-state index is 13.0. The molecule has 0 aliphatic carbocycles. The smallest absolute Gasteiger partial charge is 0.410 e. The van der Waals surface area contributed by atoms with Gasteiger partial charge in [0.25, 0.3) is 0 Å². The van der Waals surface area contributed by atoms with Crippen LogP contribution in [0.15, 0.2) is 120 Å². The van der Waals surface area contributed by atoms with Gasteiger partial charge in [0.15, 0.2) is 5.78 Å². The second-order valence-corrected chi connectivity index (χ2v) is 8.06. The van der Waals surface area contributed by atoms with Crippen molar-refractivity contribution in [3.63, 3.8) is 0 Å². The first-order valence-electron chi connectivity index (χ1n) is 10.3. The van der Waals surface area contributed by atoms with Gasteiger partial charge in [0.1, 0.15) is 5.75 Å². The molecule has 0 saturated carbocycles. The second-order valence-electron chi connectivity index (χ2n) is 7.15. The molecule has 4 aromatic carbocycles. The number of nitrogens with zero attached hydrogens (tertiary/aromatic N) is 1. The molecule has 0 aromatic heterocycles. The van der Waals surface area contributed by atoms with Gasteiger partial charge in [0, 0.05) is 10.0 Å². The molecule has 5 heteroatoms. The highest BCUT2D eigenvalue weighted by molar-refractivity contribution is 9.10. The third kappa shape index (κ3) is 5.84. The van der Waals surface area contributed by atoms with Crippen LogP contribution in [0.25, 0.3) is 6.08 Å². The Labute approximate surface area is 200 Å². The molecule has 4 rings (SSSR count). The molecule has 0 spiro atoms. The third-order valence-corrected chi connectivity index (χ3v) is 5.38. The molecule has 0 radical (unpaired) electrons. The van der Waals surface area contributed by atoms with Gasteiger partial charge in [-0.05, 0) is 72.3 Å². The molecule has 0 heterocycles. The Bertz CT molecular complexity index is 1210. The van der Waals surface area contributed by atoms with Crippen LogP contribution in [-0.2, 0) is 0 Å². The fraction of sp³-hybridized carbons (Fsp3) is 0. The first-order chi connectivity index (χ1) is 16.1. The third-order valence-electron chi connectivity index (χ3n) is 4.85. The number of benzene rings is 4. The van der Waals surface area contributed by atoms with E-state index in [1.54, 1.807) is 42.5 Å². The van der Waals surface area contributed by atoms with E-state index >= 15 is 0 Å².